The maximum atomic E-state index is 12.8. The van der Waals surface area contributed by atoms with Crippen molar-refractivity contribution in [1.82, 2.24) is 4.31 Å². The fourth-order valence-corrected chi connectivity index (χ4v) is 5.77. The van der Waals surface area contributed by atoms with E-state index in [4.69, 9.17) is 27.9 Å². The Hall–Kier alpha value is -2.13. The van der Waals surface area contributed by atoms with E-state index in [2.05, 4.69) is 5.32 Å². The Labute approximate surface area is 191 Å². The summed E-state index contributed by atoms with van der Waals surface area (Å²) < 4.78 is 31.8. The highest BCUT2D eigenvalue weighted by Gasteiger charge is 2.32. The molecule has 31 heavy (non-hydrogen) atoms. The summed E-state index contributed by atoms with van der Waals surface area (Å²) in [6.45, 7) is 0.419. The normalized spacial score (nSPS) is 15.5. The Bertz CT molecular complexity index is 1060. The monoisotopic (exact) mass is 484 g/mol. The van der Waals surface area contributed by atoms with Gasteiger partial charge in [-0.15, -0.1) is 0 Å². The molecule has 2 aromatic rings. The highest BCUT2D eigenvalue weighted by Crippen LogP contribution is 2.29. The standard InChI is InChI=1S/C21H22Cl2N2O5S/c1-30-21(27)15-5-2-3-8-19(15)24-20(26)14-9-11-25(12-10-14)31(28,29)13-16-17(22)6-4-7-18(16)23/h2-8,14H,9-13H2,1H3,(H,24,26). The van der Waals surface area contributed by atoms with Crippen molar-refractivity contribution in [3.05, 3.63) is 63.6 Å². The van der Waals surface area contributed by atoms with Crippen molar-refractivity contribution in [2.24, 2.45) is 5.92 Å². The minimum absolute atomic E-state index is 0.209. The first-order valence-electron chi connectivity index (χ1n) is 9.62. The number of para-hydroxylation sites is 1. The van der Waals surface area contributed by atoms with Crippen molar-refractivity contribution in [3.63, 3.8) is 0 Å². The first-order chi connectivity index (χ1) is 14.7. The number of rotatable bonds is 6. The van der Waals surface area contributed by atoms with Crippen LogP contribution in [0.1, 0.15) is 28.8 Å². The number of esters is 1. The summed E-state index contributed by atoms with van der Waals surface area (Å²) >= 11 is 12.2. The van der Waals surface area contributed by atoms with Crippen LogP contribution in [0.5, 0.6) is 0 Å². The smallest absolute Gasteiger partial charge is 0.339 e. The number of piperidine rings is 1. The number of benzene rings is 2. The van der Waals surface area contributed by atoms with Gasteiger partial charge in [-0.1, -0.05) is 41.4 Å². The van der Waals surface area contributed by atoms with E-state index >= 15 is 0 Å². The second kappa shape index (κ2) is 9.99. The highest BCUT2D eigenvalue weighted by atomic mass is 35.5. The average Bonchev–Trinajstić information content (AvgIpc) is 2.76. The number of amides is 1. The van der Waals surface area contributed by atoms with Crippen molar-refractivity contribution in [3.8, 4) is 0 Å². The SMILES string of the molecule is COC(=O)c1ccccc1NC(=O)C1CCN(S(=O)(=O)Cc2c(Cl)cccc2Cl)CC1. The van der Waals surface area contributed by atoms with E-state index in [1.807, 2.05) is 0 Å². The van der Waals surface area contributed by atoms with E-state index in [-0.39, 0.29) is 36.2 Å². The minimum atomic E-state index is -3.64. The van der Waals surface area contributed by atoms with Crippen LogP contribution in [-0.4, -0.2) is 44.8 Å². The van der Waals surface area contributed by atoms with Gasteiger partial charge in [-0.05, 0) is 37.1 Å². The summed E-state index contributed by atoms with van der Waals surface area (Å²) in [7, 11) is -2.37. The summed E-state index contributed by atoms with van der Waals surface area (Å²) in [6.07, 6.45) is 0.726. The molecule has 0 bridgehead atoms. The molecule has 0 aliphatic carbocycles. The fraction of sp³-hybridized carbons (Fsp3) is 0.333. The lowest BCUT2D eigenvalue weighted by Crippen LogP contribution is -2.42. The molecule has 2 aromatic carbocycles. The minimum Gasteiger partial charge on any atom is -0.465 e. The van der Waals surface area contributed by atoms with Gasteiger partial charge in [-0.2, -0.15) is 0 Å². The maximum absolute atomic E-state index is 12.8. The van der Waals surface area contributed by atoms with Gasteiger partial charge in [0.05, 0.1) is 24.1 Å². The molecule has 1 N–H and O–H groups in total. The van der Waals surface area contributed by atoms with Crippen molar-refractivity contribution in [2.75, 3.05) is 25.5 Å². The molecule has 166 valence electrons. The fourth-order valence-electron chi connectivity index (χ4n) is 3.45. The number of sulfonamides is 1. The number of hydrogen-bond donors (Lipinski definition) is 1. The predicted molar refractivity (Wildman–Crippen MR) is 120 cm³/mol. The van der Waals surface area contributed by atoms with Gasteiger partial charge in [0.2, 0.25) is 15.9 Å². The number of halogens is 2. The van der Waals surface area contributed by atoms with Crippen molar-refractivity contribution < 1.29 is 22.7 Å². The third-order valence-corrected chi connectivity index (χ3v) is 7.71. The molecule has 1 fully saturated rings. The number of carbonyl (C=O) groups is 2. The Morgan fingerprint density at radius 3 is 2.29 bits per heavy atom. The van der Waals surface area contributed by atoms with E-state index in [9.17, 15) is 18.0 Å². The third-order valence-electron chi connectivity index (χ3n) is 5.20. The van der Waals surface area contributed by atoms with Crippen molar-refractivity contribution in [1.29, 1.82) is 0 Å². The van der Waals surface area contributed by atoms with Crippen molar-refractivity contribution >= 4 is 50.8 Å². The molecule has 0 atom stereocenters. The van der Waals surface area contributed by atoms with Crippen LogP contribution in [0.2, 0.25) is 10.0 Å². The van der Waals surface area contributed by atoms with Gasteiger partial charge >= 0.3 is 5.97 Å². The molecule has 7 nitrogen and oxygen atoms in total. The summed E-state index contributed by atoms with van der Waals surface area (Å²) in [5, 5.41) is 3.36. The molecular formula is C21H22Cl2N2O5S. The molecule has 1 aliphatic rings. The van der Waals surface area contributed by atoms with Crippen LogP contribution < -0.4 is 5.32 Å². The topological polar surface area (TPSA) is 92.8 Å². The number of nitrogens with one attached hydrogen (secondary N) is 1. The van der Waals surface area contributed by atoms with Crippen LogP contribution in [-0.2, 0) is 25.3 Å². The Kier molecular flexibility index (Phi) is 7.59. The first-order valence-corrected chi connectivity index (χ1v) is 12.0. The van der Waals surface area contributed by atoms with Gasteiger partial charge in [0.15, 0.2) is 0 Å². The Morgan fingerprint density at radius 2 is 1.68 bits per heavy atom. The van der Waals surface area contributed by atoms with Gasteiger partial charge < -0.3 is 10.1 Å². The molecule has 1 heterocycles. The average molecular weight is 485 g/mol. The van der Waals surface area contributed by atoms with Crippen LogP contribution in [0.3, 0.4) is 0 Å². The first kappa shape index (κ1) is 23.5. The zero-order valence-corrected chi connectivity index (χ0v) is 19.1. The van der Waals surface area contributed by atoms with Crippen LogP contribution >= 0.6 is 23.2 Å². The quantitative estimate of drug-likeness (QED) is 0.626. The Morgan fingerprint density at radius 1 is 1.06 bits per heavy atom. The number of ether oxygens (including phenoxy) is 1. The molecule has 0 radical (unpaired) electrons. The number of carbonyl (C=O) groups excluding carboxylic acids is 2. The number of hydrogen-bond acceptors (Lipinski definition) is 5. The van der Waals surface area contributed by atoms with Gasteiger partial charge in [0.1, 0.15) is 0 Å². The molecule has 1 aliphatic heterocycles. The van der Waals surface area contributed by atoms with Gasteiger partial charge in [-0.3, -0.25) is 4.79 Å². The molecule has 0 saturated carbocycles. The summed E-state index contributed by atoms with van der Waals surface area (Å²) in [5.41, 5.74) is 0.989. The Balaban J connectivity index is 1.63. The second-order valence-electron chi connectivity index (χ2n) is 7.16. The zero-order chi connectivity index (χ0) is 22.6. The van der Waals surface area contributed by atoms with E-state index in [0.29, 0.717) is 34.1 Å². The molecule has 0 aromatic heterocycles. The molecule has 0 spiro atoms. The van der Waals surface area contributed by atoms with Crippen LogP contribution in [0.25, 0.3) is 0 Å². The number of nitrogens with zero attached hydrogens (tertiary/aromatic N) is 1. The third kappa shape index (κ3) is 5.57. The summed E-state index contributed by atoms with van der Waals surface area (Å²) in [5.74, 6) is -1.48. The lowest BCUT2D eigenvalue weighted by Gasteiger charge is -2.30. The lowest BCUT2D eigenvalue weighted by molar-refractivity contribution is -0.120. The molecule has 3 rings (SSSR count). The molecule has 1 amide bonds. The molecular weight excluding hydrogens is 463 g/mol. The molecule has 0 unspecified atom stereocenters. The summed E-state index contributed by atoms with van der Waals surface area (Å²) in [4.78, 5) is 24.6. The summed E-state index contributed by atoms with van der Waals surface area (Å²) in [6, 6.07) is 11.4. The molecule has 10 heteroatoms. The van der Waals surface area contributed by atoms with Gasteiger partial charge in [0.25, 0.3) is 0 Å². The van der Waals surface area contributed by atoms with E-state index in [1.54, 1.807) is 42.5 Å². The predicted octanol–water partition coefficient (Wildman–Crippen LogP) is 3.96. The van der Waals surface area contributed by atoms with Gasteiger partial charge in [0, 0.05) is 34.6 Å². The lowest BCUT2D eigenvalue weighted by atomic mass is 9.97. The second-order valence-corrected chi connectivity index (χ2v) is 9.94. The largest absolute Gasteiger partial charge is 0.465 e. The van der Waals surface area contributed by atoms with Crippen LogP contribution in [0.15, 0.2) is 42.5 Å². The highest BCUT2D eigenvalue weighted by molar-refractivity contribution is 7.88. The van der Waals surface area contributed by atoms with E-state index in [0.717, 1.165) is 0 Å². The van der Waals surface area contributed by atoms with Crippen LogP contribution in [0, 0.1) is 5.92 Å². The van der Waals surface area contributed by atoms with E-state index in [1.165, 1.54) is 11.4 Å². The molecule has 1 saturated heterocycles. The maximum Gasteiger partial charge on any atom is 0.339 e. The van der Waals surface area contributed by atoms with Crippen LogP contribution in [0.4, 0.5) is 5.69 Å². The number of anilines is 1. The van der Waals surface area contributed by atoms with E-state index < -0.39 is 16.0 Å². The van der Waals surface area contributed by atoms with Gasteiger partial charge in [-0.25, -0.2) is 17.5 Å². The number of methoxy groups -OCH3 is 1. The zero-order valence-electron chi connectivity index (χ0n) is 16.8. The van der Waals surface area contributed by atoms with Crippen molar-refractivity contribution in [2.45, 2.75) is 18.6 Å².